The molecule has 1 aliphatic carbocycles. The molecule has 0 atom stereocenters. The van der Waals surface area contributed by atoms with Crippen LogP contribution in [0.4, 0.5) is 0 Å². The van der Waals surface area contributed by atoms with E-state index in [0.29, 0.717) is 11.8 Å². The maximum atomic E-state index is 4.85. The highest BCUT2D eigenvalue weighted by Gasteiger charge is 2.23. The molecule has 0 radical (unpaired) electrons. The van der Waals surface area contributed by atoms with Gasteiger partial charge in [0.05, 0.1) is 11.1 Å². The van der Waals surface area contributed by atoms with Crippen LogP contribution in [0, 0.1) is 0 Å². The fraction of sp³-hybridized carbons (Fsp3) is 0.571. The van der Waals surface area contributed by atoms with Crippen LogP contribution in [0.15, 0.2) is 10.7 Å². The standard InChI is InChI=1S/C14H18BrN3/c1-8(2)12-11-10(15)7-16-14(11)18-13(17-12)9-5-3-4-6-9/h7-9H,3-6H2,1-2H3,(H,16,17,18). The Hall–Kier alpha value is -0.900. The molecule has 0 spiro atoms. The Labute approximate surface area is 116 Å². The lowest BCUT2D eigenvalue weighted by Gasteiger charge is -2.12. The molecule has 3 rings (SSSR count). The van der Waals surface area contributed by atoms with Gasteiger partial charge in [0.2, 0.25) is 0 Å². The largest absolute Gasteiger partial charge is 0.345 e. The van der Waals surface area contributed by atoms with Crippen LogP contribution in [-0.2, 0) is 0 Å². The predicted molar refractivity (Wildman–Crippen MR) is 76.9 cm³/mol. The van der Waals surface area contributed by atoms with Gasteiger partial charge >= 0.3 is 0 Å². The summed E-state index contributed by atoms with van der Waals surface area (Å²) in [7, 11) is 0. The summed E-state index contributed by atoms with van der Waals surface area (Å²) < 4.78 is 1.07. The third-order valence-electron chi connectivity index (χ3n) is 3.80. The predicted octanol–water partition coefficient (Wildman–Crippen LogP) is 4.50. The highest BCUT2D eigenvalue weighted by molar-refractivity contribution is 9.10. The van der Waals surface area contributed by atoms with Gasteiger partial charge in [-0.25, -0.2) is 9.97 Å². The summed E-state index contributed by atoms with van der Waals surface area (Å²) >= 11 is 3.58. The number of hydrogen-bond acceptors (Lipinski definition) is 2. The Kier molecular flexibility index (Phi) is 3.14. The monoisotopic (exact) mass is 307 g/mol. The minimum absolute atomic E-state index is 0.419. The summed E-state index contributed by atoms with van der Waals surface area (Å²) in [6.07, 6.45) is 7.08. The first-order valence-corrected chi connectivity index (χ1v) is 7.50. The van der Waals surface area contributed by atoms with Crippen molar-refractivity contribution in [2.24, 2.45) is 0 Å². The molecular weight excluding hydrogens is 290 g/mol. The normalized spacial score (nSPS) is 17.1. The van der Waals surface area contributed by atoms with E-state index in [-0.39, 0.29) is 0 Å². The molecule has 0 aliphatic heterocycles. The molecule has 96 valence electrons. The number of aromatic amines is 1. The van der Waals surface area contributed by atoms with Crippen molar-refractivity contribution in [3.8, 4) is 0 Å². The van der Waals surface area contributed by atoms with Crippen molar-refractivity contribution in [2.45, 2.75) is 51.4 Å². The van der Waals surface area contributed by atoms with Gasteiger partial charge < -0.3 is 4.98 Å². The van der Waals surface area contributed by atoms with E-state index in [4.69, 9.17) is 9.97 Å². The molecule has 2 aromatic rings. The van der Waals surface area contributed by atoms with Gasteiger partial charge in [-0.2, -0.15) is 0 Å². The summed E-state index contributed by atoms with van der Waals surface area (Å²) in [6, 6.07) is 0. The molecule has 0 unspecified atom stereocenters. The zero-order chi connectivity index (χ0) is 12.7. The van der Waals surface area contributed by atoms with Gasteiger partial charge in [0.1, 0.15) is 11.5 Å². The minimum atomic E-state index is 0.419. The number of fused-ring (bicyclic) bond motifs is 1. The molecule has 4 heteroatoms. The Morgan fingerprint density at radius 3 is 2.67 bits per heavy atom. The van der Waals surface area contributed by atoms with Crippen LogP contribution >= 0.6 is 15.9 Å². The number of halogens is 1. The van der Waals surface area contributed by atoms with E-state index in [2.05, 4.69) is 34.8 Å². The molecule has 2 heterocycles. The molecule has 0 bridgehead atoms. The van der Waals surface area contributed by atoms with Gasteiger partial charge in [-0.15, -0.1) is 0 Å². The second-order valence-electron chi connectivity index (χ2n) is 5.46. The van der Waals surface area contributed by atoms with Crippen molar-refractivity contribution < 1.29 is 0 Å². The van der Waals surface area contributed by atoms with Crippen LogP contribution in [0.3, 0.4) is 0 Å². The minimum Gasteiger partial charge on any atom is -0.345 e. The zero-order valence-electron chi connectivity index (χ0n) is 10.8. The first-order chi connectivity index (χ1) is 8.66. The summed E-state index contributed by atoms with van der Waals surface area (Å²) in [4.78, 5) is 12.8. The average molecular weight is 308 g/mol. The highest BCUT2D eigenvalue weighted by Crippen LogP contribution is 2.35. The lowest BCUT2D eigenvalue weighted by atomic mass is 10.0. The lowest BCUT2D eigenvalue weighted by Crippen LogP contribution is -2.05. The van der Waals surface area contributed by atoms with Gasteiger partial charge in [-0.1, -0.05) is 26.7 Å². The van der Waals surface area contributed by atoms with Gasteiger partial charge in [-0.3, -0.25) is 0 Å². The van der Waals surface area contributed by atoms with Crippen molar-refractivity contribution in [1.29, 1.82) is 0 Å². The number of H-pyrrole nitrogens is 1. The molecule has 1 saturated carbocycles. The van der Waals surface area contributed by atoms with Crippen LogP contribution in [0.5, 0.6) is 0 Å². The van der Waals surface area contributed by atoms with Crippen LogP contribution in [0.25, 0.3) is 11.0 Å². The maximum absolute atomic E-state index is 4.85. The Morgan fingerprint density at radius 2 is 2.00 bits per heavy atom. The van der Waals surface area contributed by atoms with E-state index in [1.807, 2.05) is 6.20 Å². The molecule has 2 aromatic heterocycles. The number of rotatable bonds is 2. The first-order valence-electron chi connectivity index (χ1n) is 6.71. The molecule has 0 saturated heterocycles. The number of nitrogens with zero attached hydrogens (tertiary/aromatic N) is 2. The van der Waals surface area contributed by atoms with Gasteiger partial charge in [0.15, 0.2) is 0 Å². The fourth-order valence-corrected chi connectivity index (χ4v) is 3.33. The van der Waals surface area contributed by atoms with Crippen molar-refractivity contribution in [1.82, 2.24) is 15.0 Å². The highest BCUT2D eigenvalue weighted by atomic mass is 79.9. The van der Waals surface area contributed by atoms with Crippen molar-refractivity contribution in [3.63, 3.8) is 0 Å². The third kappa shape index (κ3) is 1.96. The molecular formula is C14H18BrN3. The van der Waals surface area contributed by atoms with Gasteiger partial charge in [0, 0.05) is 16.6 Å². The molecule has 1 N–H and O–H groups in total. The lowest BCUT2D eigenvalue weighted by molar-refractivity contribution is 0.658. The summed E-state index contributed by atoms with van der Waals surface area (Å²) in [5.41, 5.74) is 2.14. The van der Waals surface area contributed by atoms with Gasteiger partial charge in [0.25, 0.3) is 0 Å². The second kappa shape index (κ2) is 4.65. The zero-order valence-corrected chi connectivity index (χ0v) is 12.4. The number of hydrogen-bond donors (Lipinski definition) is 1. The first kappa shape index (κ1) is 12.2. The van der Waals surface area contributed by atoms with Crippen LogP contribution in [-0.4, -0.2) is 15.0 Å². The summed E-state index contributed by atoms with van der Waals surface area (Å²) in [5, 5.41) is 1.15. The maximum Gasteiger partial charge on any atom is 0.142 e. The van der Waals surface area contributed by atoms with E-state index in [1.54, 1.807) is 0 Å². The molecule has 1 fully saturated rings. The molecule has 1 aliphatic rings. The van der Waals surface area contributed by atoms with Crippen LogP contribution < -0.4 is 0 Å². The summed E-state index contributed by atoms with van der Waals surface area (Å²) in [5.74, 6) is 2.02. The van der Waals surface area contributed by atoms with E-state index in [1.165, 1.54) is 25.7 Å². The topological polar surface area (TPSA) is 41.6 Å². The number of aromatic nitrogens is 3. The quantitative estimate of drug-likeness (QED) is 0.887. The van der Waals surface area contributed by atoms with Crippen molar-refractivity contribution in [3.05, 3.63) is 22.2 Å². The summed E-state index contributed by atoms with van der Waals surface area (Å²) in [6.45, 7) is 4.39. The molecule has 0 aromatic carbocycles. The molecule has 3 nitrogen and oxygen atoms in total. The van der Waals surface area contributed by atoms with E-state index < -0.39 is 0 Å². The van der Waals surface area contributed by atoms with Crippen LogP contribution in [0.2, 0.25) is 0 Å². The van der Waals surface area contributed by atoms with Crippen molar-refractivity contribution >= 4 is 27.0 Å². The van der Waals surface area contributed by atoms with E-state index >= 15 is 0 Å². The smallest absolute Gasteiger partial charge is 0.142 e. The Morgan fingerprint density at radius 1 is 1.28 bits per heavy atom. The second-order valence-corrected chi connectivity index (χ2v) is 6.32. The van der Waals surface area contributed by atoms with Crippen LogP contribution in [0.1, 0.15) is 62.9 Å². The van der Waals surface area contributed by atoms with Crippen molar-refractivity contribution in [2.75, 3.05) is 0 Å². The van der Waals surface area contributed by atoms with E-state index in [0.717, 1.165) is 27.0 Å². The number of nitrogens with one attached hydrogen (secondary N) is 1. The van der Waals surface area contributed by atoms with Gasteiger partial charge in [-0.05, 0) is 34.7 Å². The molecule has 18 heavy (non-hydrogen) atoms. The SMILES string of the molecule is CC(C)c1nc(C2CCCC2)nc2[nH]cc(Br)c12. The molecule has 0 amide bonds. The average Bonchev–Trinajstić information content (AvgIpc) is 2.98. The Bertz CT molecular complexity index is 568. The third-order valence-corrected chi connectivity index (χ3v) is 4.42. The fourth-order valence-electron chi connectivity index (χ4n) is 2.82. The van der Waals surface area contributed by atoms with E-state index in [9.17, 15) is 0 Å². The Balaban J connectivity index is 2.17.